The monoisotopic (exact) mass is 329 g/mol. The molecule has 0 saturated heterocycles. The third kappa shape index (κ3) is 5.81. The Hall–Kier alpha value is -1.95. The number of rotatable bonds is 5. The molecule has 0 saturated carbocycles. The van der Waals surface area contributed by atoms with Crippen molar-refractivity contribution in [1.82, 2.24) is 5.32 Å². The molecule has 0 radical (unpaired) electrons. The van der Waals surface area contributed by atoms with Gasteiger partial charge in [-0.2, -0.15) is 0 Å². The van der Waals surface area contributed by atoms with Crippen LogP contribution in [0, 0.1) is 0 Å². The number of amides is 1. The van der Waals surface area contributed by atoms with E-state index in [4.69, 9.17) is 21.1 Å². The molecular weight excluding hydrogens is 310 g/mol. The zero-order valence-corrected chi connectivity index (χ0v) is 13.7. The van der Waals surface area contributed by atoms with E-state index in [9.17, 15) is 14.7 Å². The van der Waals surface area contributed by atoms with Gasteiger partial charge in [0.1, 0.15) is 17.4 Å². The number of nitrogens with one attached hydrogen (secondary N) is 1. The Kier molecular flexibility index (Phi) is 6.05. The molecule has 22 heavy (non-hydrogen) atoms. The number of carbonyl (C=O) groups excluding carboxylic acids is 1. The molecule has 1 amide bonds. The van der Waals surface area contributed by atoms with Crippen molar-refractivity contribution in [2.75, 3.05) is 7.11 Å². The predicted molar refractivity (Wildman–Crippen MR) is 82.5 cm³/mol. The summed E-state index contributed by atoms with van der Waals surface area (Å²) in [6.07, 6.45) is -0.697. The van der Waals surface area contributed by atoms with Gasteiger partial charge in [-0.05, 0) is 38.5 Å². The number of alkyl carbamates (subject to hydrolysis) is 1. The van der Waals surface area contributed by atoms with Crippen LogP contribution < -0.4 is 10.1 Å². The zero-order chi connectivity index (χ0) is 16.9. The molecule has 2 N–H and O–H groups in total. The van der Waals surface area contributed by atoms with E-state index >= 15 is 0 Å². The molecular formula is C15H20ClNO5. The van der Waals surface area contributed by atoms with Crippen molar-refractivity contribution in [3.8, 4) is 5.75 Å². The second-order valence-electron chi connectivity index (χ2n) is 5.71. The Morgan fingerprint density at radius 1 is 1.36 bits per heavy atom. The second kappa shape index (κ2) is 7.35. The van der Waals surface area contributed by atoms with Crippen LogP contribution in [0.4, 0.5) is 4.79 Å². The number of halogens is 1. The Morgan fingerprint density at radius 2 is 2.00 bits per heavy atom. The first-order valence-corrected chi connectivity index (χ1v) is 7.05. The number of aliphatic carboxylic acids is 1. The summed E-state index contributed by atoms with van der Waals surface area (Å²) in [7, 11) is 1.49. The van der Waals surface area contributed by atoms with Gasteiger partial charge in [0.25, 0.3) is 0 Å². The van der Waals surface area contributed by atoms with E-state index in [1.807, 2.05) is 0 Å². The van der Waals surface area contributed by atoms with Crippen LogP contribution in [0.1, 0.15) is 26.3 Å². The third-order valence-electron chi connectivity index (χ3n) is 2.65. The average Bonchev–Trinajstić information content (AvgIpc) is 2.35. The first-order valence-electron chi connectivity index (χ1n) is 6.67. The highest BCUT2D eigenvalue weighted by Crippen LogP contribution is 2.25. The number of hydrogen-bond acceptors (Lipinski definition) is 4. The normalized spacial score (nSPS) is 12.4. The molecule has 0 spiro atoms. The highest BCUT2D eigenvalue weighted by atomic mass is 35.5. The molecule has 1 unspecified atom stereocenters. The van der Waals surface area contributed by atoms with E-state index in [0.717, 1.165) is 0 Å². The van der Waals surface area contributed by atoms with Crippen molar-refractivity contribution in [3.05, 3.63) is 28.8 Å². The van der Waals surface area contributed by atoms with Gasteiger partial charge in [0.2, 0.25) is 0 Å². The lowest BCUT2D eigenvalue weighted by molar-refractivity contribution is -0.139. The number of methoxy groups -OCH3 is 1. The SMILES string of the molecule is COc1ccc(CC(NC(=O)OC(C)(C)C)C(=O)O)cc1Cl. The first kappa shape index (κ1) is 18.1. The van der Waals surface area contributed by atoms with E-state index in [-0.39, 0.29) is 6.42 Å². The van der Waals surface area contributed by atoms with Gasteiger partial charge in [-0.3, -0.25) is 0 Å². The number of hydrogen-bond donors (Lipinski definition) is 2. The summed E-state index contributed by atoms with van der Waals surface area (Å²) in [5.74, 6) is -0.657. The molecule has 0 aliphatic rings. The van der Waals surface area contributed by atoms with Crippen LogP contribution in [0.5, 0.6) is 5.75 Å². The standard InChI is InChI=1S/C15H20ClNO5/c1-15(2,3)22-14(20)17-11(13(18)19)8-9-5-6-12(21-4)10(16)7-9/h5-7,11H,8H2,1-4H3,(H,17,20)(H,18,19). The zero-order valence-electron chi connectivity index (χ0n) is 13.0. The second-order valence-corrected chi connectivity index (χ2v) is 6.12. The van der Waals surface area contributed by atoms with Gasteiger partial charge in [0, 0.05) is 6.42 Å². The summed E-state index contributed by atoms with van der Waals surface area (Å²) < 4.78 is 10.1. The van der Waals surface area contributed by atoms with Gasteiger partial charge in [-0.15, -0.1) is 0 Å². The lowest BCUT2D eigenvalue weighted by Crippen LogP contribution is -2.44. The highest BCUT2D eigenvalue weighted by molar-refractivity contribution is 6.32. The van der Waals surface area contributed by atoms with Crippen molar-refractivity contribution in [2.45, 2.75) is 38.8 Å². The molecule has 0 aliphatic heterocycles. The maximum Gasteiger partial charge on any atom is 0.408 e. The molecule has 1 aromatic carbocycles. The van der Waals surface area contributed by atoms with Crippen LogP contribution >= 0.6 is 11.6 Å². The topological polar surface area (TPSA) is 84.9 Å². The van der Waals surface area contributed by atoms with Gasteiger partial charge >= 0.3 is 12.1 Å². The number of carboxylic acid groups (broad SMARTS) is 1. The summed E-state index contributed by atoms with van der Waals surface area (Å²) in [4.78, 5) is 23.0. The fourth-order valence-corrected chi connectivity index (χ4v) is 2.00. The Bertz CT molecular complexity index is 553. The van der Waals surface area contributed by atoms with Crippen LogP contribution in [0.25, 0.3) is 0 Å². The van der Waals surface area contributed by atoms with Crippen LogP contribution in [-0.4, -0.2) is 35.9 Å². The summed E-state index contributed by atoms with van der Waals surface area (Å²) in [5.41, 5.74) is -0.0365. The van der Waals surface area contributed by atoms with Gasteiger partial charge in [0.05, 0.1) is 12.1 Å². The predicted octanol–water partition coefficient (Wildman–Crippen LogP) is 2.87. The Labute approximate surface area is 134 Å². The number of ether oxygens (including phenoxy) is 2. The molecule has 1 atom stereocenters. The third-order valence-corrected chi connectivity index (χ3v) is 2.94. The Balaban J connectivity index is 2.78. The number of benzene rings is 1. The fourth-order valence-electron chi connectivity index (χ4n) is 1.72. The smallest absolute Gasteiger partial charge is 0.408 e. The maximum atomic E-state index is 11.7. The summed E-state index contributed by atoms with van der Waals surface area (Å²) in [5, 5.41) is 11.9. The summed E-state index contributed by atoms with van der Waals surface area (Å²) in [6, 6.07) is 3.83. The minimum absolute atomic E-state index is 0.0816. The quantitative estimate of drug-likeness (QED) is 0.867. The van der Waals surface area contributed by atoms with Gasteiger partial charge < -0.3 is 19.9 Å². The maximum absolute atomic E-state index is 11.7. The largest absolute Gasteiger partial charge is 0.495 e. The molecule has 0 fully saturated rings. The fraction of sp³-hybridized carbons (Fsp3) is 0.467. The molecule has 1 aromatic rings. The van der Waals surface area contributed by atoms with Crippen LogP contribution in [0.3, 0.4) is 0 Å². The minimum Gasteiger partial charge on any atom is -0.495 e. The van der Waals surface area contributed by atoms with E-state index in [1.54, 1.807) is 39.0 Å². The van der Waals surface area contributed by atoms with Crippen molar-refractivity contribution in [1.29, 1.82) is 0 Å². The molecule has 6 nitrogen and oxygen atoms in total. The molecule has 7 heteroatoms. The van der Waals surface area contributed by atoms with Gasteiger partial charge in [-0.1, -0.05) is 17.7 Å². The van der Waals surface area contributed by atoms with E-state index in [1.165, 1.54) is 7.11 Å². The van der Waals surface area contributed by atoms with Crippen LogP contribution in [-0.2, 0) is 16.0 Å². The van der Waals surface area contributed by atoms with E-state index in [2.05, 4.69) is 5.32 Å². The molecule has 0 bridgehead atoms. The average molecular weight is 330 g/mol. The van der Waals surface area contributed by atoms with Gasteiger partial charge in [0.15, 0.2) is 0 Å². The van der Waals surface area contributed by atoms with E-state index < -0.39 is 23.7 Å². The summed E-state index contributed by atoms with van der Waals surface area (Å²) >= 11 is 6.00. The molecule has 0 heterocycles. The lowest BCUT2D eigenvalue weighted by Gasteiger charge is -2.22. The first-order chi connectivity index (χ1) is 10.1. The van der Waals surface area contributed by atoms with E-state index in [0.29, 0.717) is 16.3 Å². The van der Waals surface area contributed by atoms with Crippen LogP contribution in [0.15, 0.2) is 18.2 Å². The number of carboxylic acids is 1. The molecule has 1 rings (SSSR count). The van der Waals surface area contributed by atoms with Crippen molar-refractivity contribution >= 4 is 23.7 Å². The number of carbonyl (C=O) groups is 2. The molecule has 0 aliphatic carbocycles. The van der Waals surface area contributed by atoms with Crippen molar-refractivity contribution < 1.29 is 24.2 Å². The lowest BCUT2D eigenvalue weighted by atomic mass is 10.1. The van der Waals surface area contributed by atoms with Gasteiger partial charge in [-0.25, -0.2) is 9.59 Å². The van der Waals surface area contributed by atoms with Crippen molar-refractivity contribution in [2.24, 2.45) is 0 Å². The minimum atomic E-state index is -1.15. The molecule has 122 valence electrons. The summed E-state index contributed by atoms with van der Waals surface area (Å²) in [6.45, 7) is 5.10. The van der Waals surface area contributed by atoms with Crippen molar-refractivity contribution in [3.63, 3.8) is 0 Å². The highest BCUT2D eigenvalue weighted by Gasteiger charge is 2.24. The van der Waals surface area contributed by atoms with Crippen LogP contribution in [0.2, 0.25) is 5.02 Å². The Morgan fingerprint density at radius 3 is 2.45 bits per heavy atom. The molecule has 0 aromatic heterocycles.